The number of ether oxygens (including phenoxy) is 4. The molecule has 0 unspecified atom stereocenters. The summed E-state index contributed by atoms with van der Waals surface area (Å²) < 4.78 is 22.7. The predicted molar refractivity (Wildman–Crippen MR) is 154 cm³/mol. The minimum absolute atomic E-state index is 0.136. The fourth-order valence-corrected chi connectivity index (χ4v) is 5.30. The van der Waals surface area contributed by atoms with Gasteiger partial charge in [-0.2, -0.15) is 0 Å². The first-order valence-corrected chi connectivity index (χ1v) is 14.3. The van der Waals surface area contributed by atoms with E-state index < -0.39 is 12.1 Å². The number of carbonyl (C=O) groups excluding carboxylic acids is 3. The van der Waals surface area contributed by atoms with Crippen molar-refractivity contribution in [2.45, 2.75) is 38.8 Å². The highest BCUT2D eigenvalue weighted by molar-refractivity contribution is 6.02. The van der Waals surface area contributed by atoms with Gasteiger partial charge in [0, 0.05) is 50.4 Å². The van der Waals surface area contributed by atoms with Crippen LogP contribution in [-0.4, -0.2) is 91.6 Å². The molecule has 12 heteroatoms. The molecule has 5 rings (SSSR count). The number of fused-ring (bicyclic) bond motifs is 2. The molecule has 226 valence electrons. The van der Waals surface area contributed by atoms with Crippen LogP contribution in [0.5, 0.6) is 17.2 Å². The number of amides is 4. The van der Waals surface area contributed by atoms with Crippen molar-refractivity contribution < 1.29 is 38.4 Å². The van der Waals surface area contributed by atoms with Gasteiger partial charge in [0.15, 0.2) is 17.2 Å². The van der Waals surface area contributed by atoms with Crippen molar-refractivity contribution in [3.8, 4) is 17.2 Å². The van der Waals surface area contributed by atoms with Gasteiger partial charge in [-0.3, -0.25) is 9.59 Å². The van der Waals surface area contributed by atoms with Crippen LogP contribution in [0.2, 0.25) is 0 Å². The Labute approximate surface area is 244 Å². The summed E-state index contributed by atoms with van der Waals surface area (Å²) in [5.41, 5.74) is 1.23. The molecular weight excluding hydrogens is 544 g/mol. The van der Waals surface area contributed by atoms with Gasteiger partial charge in [-0.05, 0) is 44.0 Å². The van der Waals surface area contributed by atoms with Gasteiger partial charge in [0.25, 0.3) is 5.91 Å². The van der Waals surface area contributed by atoms with Crippen LogP contribution >= 0.6 is 0 Å². The molecule has 2 aromatic rings. The third-order valence-electron chi connectivity index (χ3n) is 7.97. The number of anilines is 2. The van der Waals surface area contributed by atoms with Crippen LogP contribution in [0.3, 0.4) is 0 Å². The highest BCUT2D eigenvalue weighted by Gasteiger charge is 2.35. The van der Waals surface area contributed by atoms with Crippen LogP contribution < -0.4 is 24.8 Å². The molecule has 0 aromatic heterocycles. The number of carbonyl (C=O) groups is 3. The minimum Gasteiger partial charge on any atom is -0.485 e. The number of nitrogens with zero attached hydrogens (tertiary/aromatic N) is 2. The van der Waals surface area contributed by atoms with Gasteiger partial charge in [0.1, 0.15) is 6.10 Å². The summed E-state index contributed by atoms with van der Waals surface area (Å²) in [6, 6.07) is 9.43. The lowest BCUT2D eigenvalue weighted by molar-refractivity contribution is -0.122. The van der Waals surface area contributed by atoms with Crippen molar-refractivity contribution in [3.05, 3.63) is 42.0 Å². The SMILES string of the molecule is C[C@@H]1CN([C@@H](C)CO)C(=O)c2cccc(NC(=O)C3CCOCC3)c2O[C@H]1CN(C)C(=O)Nc1ccc2c(c1)OCO2. The van der Waals surface area contributed by atoms with Crippen molar-refractivity contribution >= 4 is 29.2 Å². The Hall–Kier alpha value is -4.03. The standard InChI is InChI=1S/C30H38N4O8/c1-18-14-34(19(2)16-35)29(37)22-5-4-6-23(32-28(36)20-9-11-39-12-10-20)27(22)42-26(18)15-33(3)30(38)31-21-7-8-24-25(13-21)41-17-40-24/h4-8,13,18-20,26,35H,9-12,14-17H2,1-3H3,(H,31,38)(H,32,36)/t18-,19+,26+/m1/s1. The van der Waals surface area contributed by atoms with Crippen molar-refractivity contribution in [2.24, 2.45) is 11.8 Å². The summed E-state index contributed by atoms with van der Waals surface area (Å²) in [7, 11) is 1.66. The van der Waals surface area contributed by atoms with E-state index in [1.54, 1.807) is 55.3 Å². The maximum Gasteiger partial charge on any atom is 0.321 e. The van der Waals surface area contributed by atoms with Crippen molar-refractivity contribution in [3.63, 3.8) is 0 Å². The van der Waals surface area contributed by atoms with Crippen LogP contribution in [0.4, 0.5) is 16.2 Å². The number of likely N-dealkylation sites (N-methyl/N-ethyl adjacent to an activating group) is 1. The van der Waals surface area contributed by atoms with E-state index >= 15 is 0 Å². The van der Waals surface area contributed by atoms with E-state index in [2.05, 4.69) is 10.6 Å². The summed E-state index contributed by atoms with van der Waals surface area (Å²) >= 11 is 0. The quantitative estimate of drug-likeness (QED) is 0.453. The number of urea groups is 1. The number of para-hydroxylation sites is 1. The Balaban J connectivity index is 1.39. The summed E-state index contributed by atoms with van der Waals surface area (Å²) in [4.78, 5) is 43.1. The molecule has 3 aliphatic rings. The van der Waals surface area contributed by atoms with Crippen LogP contribution in [0.25, 0.3) is 0 Å². The fourth-order valence-electron chi connectivity index (χ4n) is 5.30. The number of nitrogens with one attached hydrogen (secondary N) is 2. The van der Waals surface area contributed by atoms with E-state index in [1.165, 1.54) is 4.90 Å². The molecule has 3 atom stereocenters. The van der Waals surface area contributed by atoms with Crippen LogP contribution in [0.15, 0.2) is 36.4 Å². The van der Waals surface area contributed by atoms with Crippen LogP contribution in [-0.2, 0) is 9.53 Å². The molecule has 12 nitrogen and oxygen atoms in total. The zero-order chi connectivity index (χ0) is 29.8. The first kappa shape index (κ1) is 29.5. The van der Waals surface area contributed by atoms with Gasteiger partial charge in [-0.25, -0.2) is 4.79 Å². The minimum atomic E-state index is -0.543. The molecule has 2 aromatic carbocycles. The predicted octanol–water partition coefficient (Wildman–Crippen LogP) is 3.16. The van der Waals surface area contributed by atoms with Gasteiger partial charge in [-0.15, -0.1) is 0 Å². The van der Waals surface area contributed by atoms with E-state index in [9.17, 15) is 19.5 Å². The van der Waals surface area contributed by atoms with E-state index in [0.717, 1.165) is 0 Å². The average Bonchev–Trinajstić information content (AvgIpc) is 3.47. The topological polar surface area (TPSA) is 139 Å². The number of benzene rings is 2. The molecule has 42 heavy (non-hydrogen) atoms. The Bertz CT molecular complexity index is 1310. The van der Waals surface area contributed by atoms with Gasteiger partial charge in [0.2, 0.25) is 12.7 Å². The van der Waals surface area contributed by atoms with Crippen molar-refractivity contribution in [2.75, 3.05) is 57.4 Å². The molecule has 3 N–H and O–H groups in total. The van der Waals surface area contributed by atoms with E-state index in [1.807, 2.05) is 6.92 Å². The maximum absolute atomic E-state index is 13.7. The number of rotatable bonds is 7. The molecule has 0 bridgehead atoms. The molecule has 0 spiro atoms. The van der Waals surface area contributed by atoms with Crippen molar-refractivity contribution in [1.29, 1.82) is 0 Å². The summed E-state index contributed by atoms with van der Waals surface area (Å²) in [6.45, 7) is 5.18. The summed E-state index contributed by atoms with van der Waals surface area (Å²) in [5.74, 6) is 0.541. The third kappa shape index (κ3) is 6.39. The summed E-state index contributed by atoms with van der Waals surface area (Å²) in [5, 5.41) is 15.8. The molecule has 1 fully saturated rings. The van der Waals surface area contributed by atoms with E-state index in [-0.39, 0.29) is 60.9 Å². The van der Waals surface area contributed by atoms with Crippen molar-refractivity contribution in [1.82, 2.24) is 9.80 Å². The Morgan fingerprint density at radius 2 is 1.88 bits per heavy atom. The second-order valence-electron chi connectivity index (χ2n) is 11.1. The molecular formula is C30H38N4O8. The first-order chi connectivity index (χ1) is 20.2. The third-order valence-corrected chi connectivity index (χ3v) is 7.97. The number of hydrogen-bond acceptors (Lipinski definition) is 8. The normalized spacial score (nSPS) is 21.0. The molecule has 1 saturated heterocycles. The van der Waals surface area contributed by atoms with E-state index in [0.29, 0.717) is 55.5 Å². The number of hydrogen-bond donors (Lipinski definition) is 3. The largest absolute Gasteiger partial charge is 0.485 e. The van der Waals surface area contributed by atoms with Gasteiger partial charge >= 0.3 is 6.03 Å². The van der Waals surface area contributed by atoms with Crippen LogP contribution in [0, 0.1) is 11.8 Å². The lowest BCUT2D eigenvalue weighted by Gasteiger charge is -2.38. The number of aliphatic hydroxyl groups excluding tert-OH is 1. The maximum atomic E-state index is 13.7. The van der Waals surface area contributed by atoms with Gasteiger partial charge in [0.05, 0.1) is 30.4 Å². The monoisotopic (exact) mass is 582 g/mol. The second kappa shape index (κ2) is 12.9. The van der Waals surface area contributed by atoms with E-state index in [4.69, 9.17) is 18.9 Å². The zero-order valence-corrected chi connectivity index (χ0v) is 24.1. The molecule has 0 saturated carbocycles. The number of aliphatic hydroxyl groups is 1. The highest BCUT2D eigenvalue weighted by Crippen LogP contribution is 2.36. The lowest BCUT2D eigenvalue weighted by atomic mass is 9.98. The fraction of sp³-hybridized carbons (Fsp3) is 0.500. The first-order valence-electron chi connectivity index (χ1n) is 14.3. The highest BCUT2D eigenvalue weighted by atomic mass is 16.7. The second-order valence-corrected chi connectivity index (χ2v) is 11.1. The Morgan fingerprint density at radius 1 is 1.12 bits per heavy atom. The lowest BCUT2D eigenvalue weighted by Crippen LogP contribution is -2.50. The molecule has 3 heterocycles. The summed E-state index contributed by atoms with van der Waals surface area (Å²) in [6.07, 6.45) is 0.690. The van der Waals surface area contributed by atoms with Gasteiger partial charge in [-0.1, -0.05) is 13.0 Å². The smallest absolute Gasteiger partial charge is 0.321 e. The zero-order valence-electron chi connectivity index (χ0n) is 24.1. The Morgan fingerprint density at radius 3 is 2.64 bits per heavy atom. The van der Waals surface area contributed by atoms with Crippen LogP contribution in [0.1, 0.15) is 37.0 Å². The molecule has 0 aliphatic carbocycles. The molecule has 0 radical (unpaired) electrons. The van der Waals surface area contributed by atoms with Gasteiger partial charge < -0.3 is 44.5 Å². The average molecular weight is 583 g/mol. The molecule has 3 aliphatic heterocycles. The molecule has 4 amide bonds. The Kier molecular flexibility index (Phi) is 9.03.